The van der Waals surface area contributed by atoms with Gasteiger partial charge in [0.25, 0.3) is 0 Å². The van der Waals surface area contributed by atoms with Crippen LogP contribution >= 0.6 is 0 Å². The Balaban J connectivity index is 1.72. The van der Waals surface area contributed by atoms with Crippen molar-refractivity contribution in [2.24, 2.45) is 11.5 Å². The minimum Gasteiger partial charge on any atom is -0.467 e. The van der Waals surface area contributed by atoms with E-state index in [2.05, 4.69) is 4.90 Å². The molecule has 3 heterocycles. The van der Waals surface area contributed by atoms with Crippen molar-refractivity contribution < 1.29 is 22.7 Å². The number of rotatable bonds is 7. The van der Waals surface area contributed by atoms with E-state index in [1.54, 1.807) is 30.0 Å². The molecule has 0 saturated carbocycles. The molecule has 39 heavy (non-hydrogen) atoms. The number of Topliss-reactive ketones (excluding diaryl/α,β-unsaturated/α-hetero) is 1. The molecule has 12 heteroatoms. The topological polar surface area (TPSA) is 163 Å². The predicted octanol–water partition coefficient (Wildman–Crippen LogP) is 0.739. The normalized spacial score (nSPS) is 23.3. The number of carbonyl (C=O) groups excluding carboxylic acids is 2. The molecule has 4 rings (SSSR count). The molecule has 0 fully saturated rings. The molecule has 1 aromatic carbocycles. The molecule has 0 aliphatic carbocycles. The fourth-order valence-electron chi connectivity index (χ4n) is 5.73. The number of esters is 1. The summed E-state index contributed by atoms with van der Waals surface area (Å²) in [5.74, 6) is -1.75. The van der Waals surface area contributed by atoms with Crippen molar-refractivity contribution in [2.45, 2.75) is 55.6 Å². The monoisotopic (exact) mass is 558 g/mol. The summed E-state index contributed by atoms with van der Waals surface area (Å²) < 4.78 is 34.4. The number of hydrogen-bond acceptors (Lipinski definition) is 8. The van der Waals surface area contributed by atoms with Crippen molar-refractivity contribution in [3.8, 4) is 0 Å². The largest absolute Gasteiger partial charge is 0.467 e. The van der Waals surface area contributed by atoms with E-state index in [-0.39, 0.29) is 30.2 Å². The van der Waals surface area contributed by atoms with E-state index < -0.39 is 33.4 Å². The quantitative estimate of drug-likeness (QED) is 0.144. The van der Waals surface area contributed by atoms with Crippen molar-refractivity contribution in [2.75, 3.05) is 40.3 Å². The molecule has 5 N–H and O–H groups in total. The highest BCUT2D eigenvalue weighted by Gasteiger charge is 2.58. The van der Waals surface area contributed by atoms with Crippen LogP contribution in [0.3, 0.4) is 0 Å². The molecular weight excluding hydrogens is 520 g/mol. The Morgan fingerprint density at radius 1 is 1.18 bits per heavy atom. The summed E-state index contributed by atoms with van der Waals surface area (Å²) in [7, 11) is -1.19. The number of carbonyl (C=O) groups is 2. The van der Waals surface area contributed by atoms with Crippen LogP contribution in [-0.4, -0.2) is 92.2 Å². The lowest BCUT2D eigenvalue weighted by Gasteiger charge is -2.43. The minimum absolute atomic E-state index is 0.0197. The number of nitrogens with zero attached hydrogens (tertiary/aromatic N) is 3. The molecular formula is C27H38N6O5S. The Kier molecular flexibility index (Phi) is 8.31. The molecule has 11 nitrogen and oxygen atoms in total. The Labute approximate surface area is 230 Å². The molecule has 3 aliphatic rings. The summed E-state index contributed by atoms with van der Waals surface area (Å²) in [6.07, 6.45) is 5.04. The van der Waals surface area contributed by atoms with E-state index in [9.17, 15) is 18.0 Å². The average molecular weight is 559 g/mol. The molecule has 0 saturated heterocycles. The number of sulfonamides is 1. The number of nitrogens with two attached hydrogens (primary N) is 2. The lowest BCUT2D eigenvalue weighted by atomic mass is 9.80. The maximum absolute atomic E-state index is 14.2. The molecule has 0 amide bonds. The maximum Gasteiger partial charge on any atom is 0.335 e. The second-order valence-corrected chi connectivity index (χ2v) is 12.5. The smallest absolute Gasteiger partial charge is 0.335 e. The number of guanidine groups is 1. The van der Waals surface area contributed by atoms with Crippen molar-refractivity contribution >= 4 is 27.7 Å². The minimum atomic E-state index is -4.31. The van der Waals surface area contributed by atoms with E-state index in [4.69, 9.17) is 21.6 Å². The van der Waals surface area contributed by atoms with Gasteiger partial charge in [0, 0.05) is 39.1 Å². The number of ketones is 1. The summed E-state index contributed by atoms with van der Waals surface area (Å²) in [6.45, 7) is 4.00. The van der Waals surface area contributed by atoms with Gasteiger partial charge < -0.3 is 26.0 Å². The third-order valence-electron chi connectivity index (χ3n) is 7.85. The summed E-state index contributed by atoms with van der Waals surface area (Å²) in [5.41, 5.74) is 13.4. The van der Waals surface area contributed by atoms with Crippen LogP contribution in [0, 0.1) is 5.41 Å². The zero-order valence-electron chi connectivity index (χ0n) is 22.8. The van der Waals surface area contributed by atoms with Gasteiger partial charge in [-0.05, 0) is 56.5 Å². The van der Waals surface area contributed by atoms with Crippen LogP contribution in [0.25, 0.3) is 0 Å². The number of ether oxygens (including phenoxy) is 1. The van der Waals surface area contributed by atoms with Gasteiger partial charge in [-0.1, -0.05) is 29.4 Å². The SMILES string of the molecule is COC(=O)[C@@]1(C(=O)C(N)CC2=CCCN(C(=N)N)C2)CC(C)=CCN1S(=O)(=O)c1ccc2c(c1)CN(C)CC2. The van der Waals surface area contributed by atoms with Gasteiger partial charge in [0.15, 0.2) is 17.3 Å². The Morgan fingerprint density at radius 2 is 1.92 bits per heavy atom. The first-order valence-electron chi connectivity index (χ1n) is 13.0. The van der Waals surface area contributed by atoms with Crippen LogP contribution in [0.2, 0.25) is 0 Å². The Bertz CT molecular complexity index is 1340. The van der Waals surface area contributed by atoms with Gasteiger partial charge in [0.1, 0.15) is 0 Å². The lowest BCUT2D eigenvalue weighted by Crippen LogP contribution is -2.67. The zero-order chi connectivity index (χ0) is 28.5. The second-order valence-electron chi connectivity index (χ2n) is 10.7. The average Bonchev–Trinajstić information content (AvgIpc) is 2.91. The molecule has 2 atom stereocenters. The van der Waals surface area contributed by atoms with Gasteiger partial charge in [-0.3, -0.25) is 10.2 Å². The van der Waals surface area contributed by atoms with E-state index in [1.807, 2.05) is 19.2 Å². The van der Waals surface area contributed by atoms with E-state index >= 15 is 0 Å². The lowest BCUT2D eigenvalue weighted by molar-refractivity contribution is -0.158. The zero-order valence-corrected chi connectivity index (χ0v) is 23.6. The first-order valence-corrected chi connectivity index (χ1v) is 14.5. The van der Waals surface area contributed by atoms with Gasteiger partial charge in [0.05, 0.1) is 18.0 Å². The third kappa shape index (κ3) is 5.51. The van der Waals surface area contributed by atoms with Crippen molar-refractivity contribution in [3.05, 3.63) is 52.6 Å². The summed E-state index contributed by atoms with van der Waals surface area (Å²) in [5, 5.41) is 7.72. The van der Waals surface area contributed by atoms with Crippen molar-refractivity contribution in [1.82, 2.24) is 14.1 Å². The third-order valence-corrected chi connectivity index (χ3v) is 9.74. The molecule has 0 radical (unpaired) electrons. The van der Waals surface area contributed by atoms with Crippen molar-refractivity contribution in [1.29, 1.82) is 5.41 Å². The molecule has 1 aromatic rings. The first kappa shape index (κ1) is 28.9. The van der Waals surface area contributed by atoms with Crippen LogP contribution in [0.5, 0.6) is 0 Å². The van der Waals surface area contributed by atoms with Crippen molar-refractivity contribution in [3.63, 3.8) is 0 Å². The van der Waals surface area contributed by atoms with Gasteiger partial charge in [-0.25, -0.2) is 13.2 Å². The van der Waals surface area contributed by atoms with Crippen LogP contribution in [0.1, 0.15) is 37.3 Å². The van der Waals surface area contributed by atoms with E-state index in [0.717, 1.165) is 41.1 Å². The number of methoxy groups -OCH3 is 1. The number of fused-ring (bicyclic) bond motifs is 1. The highest BCUT2D eigenvalue weighted by Crippen LogP contribution is 2.37. The van der Waals surface area contributed by atoms with Gasteiger partial charge in [-0.2, -0.15) is 4.31 Å². The van der Waals surface area contributed by atoms with Crippen LogP contribution in [-0.2, 0) is 37.3 Å². The molecule has 0 spiro atoms. The fraction of sp³-hybridized carbons (Fsp3) is 0.519. The summed E-state index contributed by atoms with van der Waals surface area (Å²) in [6, 6.07) is 3.81. The number of hydrogen-bond donors (Lipinski definition) is 3. The van der Waals surface area contributed by atoms with Gasteiger partial charge in [0.2, 0.25) is 10.0 Å². The van der Waals surface area contributed by atoms with E-state index in [0.29, 0.717) is 31.6 Å². The van der Waals surface area contributed by atoms with Crippen LogP contribution < -0.4 is 11.5 Å². The summed E-state index contributed by atoms with van der Waals surface area (Å²) >= 11 is 0. The molecule has 3 aliphatic heterocycles. The standard InChI is InChI=1S/C27H38N6O5S/c1-18-8-12-33(39(36,37)22-7-6-20-9-11-31(2)17-21(20)14-22)27(15-18,25(35)38-3)24(34)23(28)13-19-5-4-10-32(16-19)26(29)30/h5-8,14,23H,4,9-13,15-17,28H2,1-3H3,(H3,29,30)/t23?,27-/m0/s1. The number of benzene rings is 1. The number of likely N-dealkylation sites (N-methyl/N-ethyl adjacent to an activating group) is 1. The summed E-state index contributed by atoms with van der Waals surface area (Å²) in [4.78, 5) is 31.4. The molecule has 0 aromatic heterocycles. The highest BCUT2D eigenvalue weighted by molar-refractivity contribution is 7.89. The Morgan fingerprint density at radius 3 is 2.62 bits per heavy atom. The molecule has 0 bridgehead atoms. The predicted molar refractivity (Wildman–Crippen MR) is 147 cm³/mol. The Hall–Kier alpha value is -3.06. The highest BCUT2D eigenvalue weighted by atomic mass is 32.2. The molecule has 1 unspecified atom stereocenters. The number of nitrogens with one attached hydrogen (secondary N) is 1. The molecule has 212 valence electrons. The second kappa shape index (κ2) is 11.2. The maximum atomic E-state index is 14.2. The first-order chi connectivity index (χ1) is 18.4. The van der Waals surface area contributed by atoms with E-state index in [1.165, 1.54) is 0 Å². The fourth-order valence-corrected chi connectivity index (χ4v) is 7.42. The van der Waals surface area contributed by atoms with Crippen LogP contribution in [0.15, 0.2) is 46.4 Å². The van der Waals surface area contributed by atoms with Crippen LogP contribution in [0.4, 0.5) is 0 Å². The van der Waals surface area contributed by atoms with Gasteiger partial charge in [-0.15, -0.1) is 0 Å². The van der Waals surface area contributed by atoms with Gasteiger partial charge >= 0.3 is 5.97 Å².